The van der Waals surface area contributed by atoms with Crippen molar-refractivity contribution in [2.24, 2.45) is 11.3 Å². The summed E-state index contributed by atoms with van der Waals surface area (Å²) < 4.78 is 0. The van der Waals surface area contributed by atoms with E-state index in [0.717, 1.165) is 37.9 Å². The lowest BCUT2D eigenvalue weighted by molar-refractivity contribution is -0.123. The molecule has 1 unspecified atom stereocenters. The highest BCUT2D eigenvalue weighted by atomic mass is 16.2. The molecule has 2 N–H and O–H groups in total. The van der Waals surface area contributed by atoms with E-state index >= 15 is 0 Å². The molecule has 1 saturated heterocycles. The summed E-state index contributed by atoms with van der Waals surface area (Å²) in [6.07, 6.45) is 6.93. The number of amides is 1. The molecule has 1 amide bonds. The van der Waals surface area contributed by atoms with Gasteiger partial charge in [-0.3, -0.25) is 9.78 Å². The molecule has 0 aromatic carbocycles. The van der Waals surface area contributed by atoms with Crippen LogP contribution in [0, 0.1) is 11.3 Å². The van der Waals surface area contributed by atoms with Gasteiger partial charge in [-0.25, -0.2) is 0 Å². The van der Waals surface area contributed by atoms with Crippen molar-refractivity contribution >= 4 is 5.91 Å². The number of pyridine rings is 1. The van der Waals surface area contributed by atoms with E-state index in [4.69, 9.17) is 0 Å². The third-order valence-corrected chi connectivity index (χ3v) is 4.65. The average Bonchev–Trinajstić information content (AvgIpc) is 3.14. The van der Waals surface area contributed by atoms with Crippen LogP contribution in [-0.4, -0.2) is 24.0 Å². The second kappa shape index (κ2) is 4.93. The van der Waals surface area contributed by atoms with Crippen molar-refractivity contribution in [2.45, 2.75) is 32.2 Å². The predicted molar refractivity (Wildman–Crippen MR) is 73.4 cm³/mol. The van der Waals surface area contributed by atoms with Gasteiger partial charge in [-0.05, 0) is 56.3 Å². The van der Waals surface area contributed by atoms with E-state index in [1.807, 2.05) is 25.3 Å². The second-order valence-electron chi connectivity index (χ2n) is 5.89. The number of rotatable bonds is 3. The van der Waals surface area contributed by atoms with Crippen molar-refractivity contribution in [3.05, 3.63) is 30.1 Å². The molecule has 1 aliphatic heterocycles. The molecule has 0 radical (unpaired) electrons. The highest BCUT2D eigenvalue weighted by Gasteiger charge is 2.57. The molecule has 1 aliphatic carbocycles. The van der Waals surface area contributed by atoms with E-state index in [2.05, 4.69) is 15.6 Å². The standard InChI is InChI=1S/C15H21N3O/c1-11(12-3-2-6-17-10-12)18-14(19)13-9-15(13)4-7-16-8-5-15/h2-3,6,10-11,13,16H,4-5,7-9H2,1H3,(H,18,19)/t11-,13?/m0/s1. The fourth-order valence-electron chi connectivity index (χ4n) is 3.23. The van der Waals surface area contributed by atoms with E-state index in [1.165, 1.54) is 0 Å². The van der Waals surface area contributed by atoms with E-state index < -0.39 is 0 Å². The summed E-state index contributed by atoms with van der Waals surface area (Å²) in [4.78, 5) is 16.4. The first-order valence-electron chi connectivity index (χ1n) is 7.12. The van der Waals surface area contributed by atoms with Gasteiger partial charge in [-0.2, -0.15) is 0 Å². The molecule has 2 fully saturated rings. The number of carbonyl (C=O) groups excluding carboxylic acids is 1. The van der Waals surface area contributed by atoms with Gasteiger partial charge in [0.15, 0.2) is 0 Å². The van der Waals surface area contributed by atoms with Gasteiger partial charge in [0.05, 0.1) is 6.04 Å². The molecule has 102 valence electrons. The molecule has 1 spiro atoms. The first-order chi connectivity index (χ1) is 9.21. The third-order valence-electron chi connectivity index (χ3n) is 4.65. The summed E-state index contributed by atoms with van der Waals surface area (Å²) in [5, 5.41) is 6.50. The Hall–Kier alpha value is -1.42. The number of nitrogens with zero attached hydrogens (tertiary/aromatic N) is 1. The Balaban J connectivity index is 1.58. The summed E-state index contributed by atoms with van der Waals surface area (Å²) >= 11 is 0. The Morgan fingerprint density at radius 1 is 1.53 bits per heavy atom. The lowest BCUT2D eigenvalue weighted by atomic mass is 9.91. The first kappa shape index (κ1) is 12.6. The molecular weight excluding hydrogens is 238 g/mol. The number of hydrogen-bond donors (Lipinski definition) is 2. The van der Waals surface area contributed by atoms with Crippen molar-refractivity contribution in [3.63, 3.8) is 0 Å². The highest BCUT2D eigenvalue weighted by Crippen LogP contribution is 2.58. The van der Waals surface area contributed by atoms with Crippen LogP contribution in [0.15, 0.2) is 24.5 Å². The number of aromatic nitrogens is 1. The topological polar surface area (TPSA) is 54.0 Å². The van der Waals surface area contributed by atoms with Gasteiger partial charge < -0.3 is 10.6 Å². The van der Waals surface area contributed by atoms with Crippen LogP contribution in [0.1, 0.15) is 37.8 Å². The SMILES string of the molecule is C[C@H](NC(=O)C1CC12CCNCC2)c1cccnc1. The van der Waals surface area contributed by atoms with Crippen LogP contribution in [0.2, 0.25) is 0 Å². The van der Waals surface area contributed by atoms with E-state index in [9.17, 15) is 4.79 Å². The molecular formula is C15H21N3O. The van der Waals surface area contributed by atoms with Crippen LogP contribution in [0.4, 0.5) is 0 Å². The molecule has 2 atom stereocenters. The monoisotopic (exact) mass is 259 g/mol. The maximum absolute atomic E-state index is 12.3. The van der Waals surface area contributed by atoms with Gasteiger partial charge in [-0.1, -0.05) is 6.07 Å². The van der Waals surface area contributed by atoms with Crippen molar-refractivity contribution in [1.82, 2.24) is 15.6 Å². The minimum atomic E-state index is 0.0422. The molecule has 1 saturated carbocycles. The normalized spacial score (nSPS) is 25.8. The second-order valence-corrected chi connectivity index (χ2v) is 5.89. The Morgan fingerprint density at radius 2 is 2.32 bits per heavy atom. The zero-order chi connectivity index (χ0) is 13.3. The number of hydrogen-bond acceptors (Lipinski definition) is 3. The van der Waals surface area contributed by atoms with Crippen molar-refractivity contribution in [2.75, 3.05) is 13.1 Å². The smallest absolute Gasteiger partial charge is 0.224 e. The molecule has 19 heavy (non-hydrogen) atoms. The van der Waals surface area contributed by atoms with E-state index in [0.29, 0.717) is 5.41 Å². The van der Waals surface area contributed by atoms with Crippen LogP contribution in [0.25, 0.3) is 0 Å². The molecule has 4 heteroatoms. The molecule has 2 heterocycles. The lowest BCUT2D eigenvalue weighted by Gasteiger charge is -2.23. The van der Waals surface area contributed by atoms with Crippen molar-refractivity contribution in [1.29, 1.82) is 0 Å². The zero-order valence-electron chi connectivity index (χ0n) is 11.4. The maximum atomic E-state index is 12.3. The summed E-state index contributed by atoms with van der Waals surface area (Å²) in [5.74, 6) is 0.451. The Morgan fingerprint density at radius 3 is 3.00 bits per heavy atom. The van der Waals surface area contributed by atoms with Crippen LogP contribution < -0.4 is 10.6 Å². The van der Waals surface area contributed by atoms with Crippen LogP contribution in [-0.2, 0) is 4.79 Å². The molecule has 0 bridgehead atoms. The van der Waals surface area contributed by atoms with Crippen molar-refractivity contribution in [3.8, 4) is 0 Å². The zero-order valence-corrected chi connectivity index (χ0v) is 11.4. The predicted octanol–water partition coefficient (Wildman–Crippen LogP) is 1.65. The van der Waals surface area contributed by atoms with Crippen LogP contribution in [0.3, 0.4) is 0 Å². The third kappa shape index (κ3) is 2.50. The molecule has 2 aliphatic rings. The summed E-state index contributed by atoms with van der Waals surface area (Å²) in [6, 6.07) is 3.95. The number of carbonyl (C=O) groups is 1. The minimum Gasteiger partial charge on any atom is -0.349 e. The summed E-state index contributed by atoms with van der Waals surface area (Å²) in [5.41, 5.74) is 1.38. The van der Waals surface area contributed by atoms with Gasteiger partial charge in [0.25, 0.3) is 0 Å². The van der Waals surface area contributed by atoms with Crippen molar-refractivity contribution < 1.29 is 4.79 Å². The van der Waals surface area contributed by atoms with E-state index in [1.54, 1.807) is 6.20 Å². The molecule has 4 nitrogen and oxygen atoms in total. The fourth-order valence-corrected chi connectivity index (χ4v) is 3.23. The van der Waals surface area contributed by atoms with Crippen LogP contribution in [0.5, 0.6) is 0 Å². The van der Waals surface area contributed by atoms with Gasteiger partial charge in [0.1, 0.15) is 0 Å². The first-order valence-corrected chi connectivity index (χ1v) is 7.12. The average molecular weight is 259 g/mol. The molecule has 1 aromatic heterocycles. The Kier molecular flexibility index (Phi) is 3.27. The number of piperidine rings is 1. The number of nitrogens with one attached hydrogen (secondary N) is 2. The molecule has 3 rings (SSSR count). The summed E-state index contributed by atoms with van der Waals surface area (Å²) in [6.45, 7) is 4.14. The molecule has 1 aromatic rings. The van der Waals surface area contributed by atoms with Gasteiger partial charge in [0.2, 0.25) is 5.91 Å². The lowest BCUT2D eigenvalue weighted by Crippen LogP contribution is -2.34. The highest BCUT2D eigenvalue weighted by molar-refractivity contribution is 5.83. The Bertz CT molecular complexity index is 454. The van der Waals surface area contributed by atoms with Crippen LogP contribution >= 0.6 is 0 Å². The minimum absolute atomic E-state index is 0.0422. The fraction of sp³-hybridized carbons (Fsp3) is 0.600. The maximum Gasteiger partial charge on any atom is 0.224 e. The largest absolute Gasteiger partial charge is 0.349 e. The summed E-state index contributed by atoms with van der Waals surface area (Å²) in [7, 11) is 0. The van der Waals surface area contributed by atoms with Gasteiger partial charge >= 0.3 is 0 Å². The van der Waals surface area contributed by atoms with E-state index in [-0.39, 0.29) is 17.9 Å². The quantitative estimate of drug-likeness (QED) is 0.868. The van der Waals surface area contributed by atoms with Gasteiger partial charge in [0, 0.05) is 18.3 Å². The van der Waals surface area contributed by atoms with Gasteiger partial charge in [-0.15, -0.1) is 0 Å². The Labute approximate surface area is 114 Å².